The average molecular weight is 368 g/mol. The van der Waals surface area contributed by atoms with E-state index >= 15 is 0 Å². The molecular formula is C16H14F2N2O4S. The third kappa shape index (κ3) is 3.81. The molecule has 1 aliphatic rings. The van der Waals surface area contributed by atoms with E-state index in [-0.39, 0.29) is 16.6 Å². The Hall–Kier alpha value is -2.42. The van der Waals surface area contributed by atoms with Crippen molar-refractivity contribution in [1.82, 2.24) is 4.90 Å². The van der Waals surface area contributed by atoms with Crippen LogP contribution < -0.4 is 0 Å². The lowest BCUT2D eigenvalue weighted by atomic mass is 10.1. The molecule has 6 nitrogen and oxygen atoms in total. The maximum Gasteiger partial charge on any atom is 0.433 e. The number of carbonyl (C=O) groups is 1. The molecule has 0 bridgehead atoms. The lowest BCUT2D eigenvalue weighted by Gasteiger charge is -2.19. The Morgan fingerprint density at radius 1 is 1.28 bits per heavy atom. The normalized spacial score (nSPS) is 18.0. The second kappa shape index (κ2) is 7.22. The van der Waals surface area contributed by atoms with Gasteiger partial charge in [-0.2, -0.15) is 11.8 Å². The second-order valence-corrected chi connectivity index (χ2v) is 6.81. The maximum absolute atomic E-state index is 13.9. The van der Waals surface area contributed by atoms with Crippen molar-refractivity contribution in [3.63, 3.8) is 0 Å². The topological polar surface area (TPSA) is 76.6 Å². The summed E-state index contributed by atoms with van der Waals surface area (Å²) in [5.41, 5.74) is 0.285. The number of hydrogen-bond acceptors (Lipinski definition) is 5. The van der Waals surface area contributed by atoms with Crippen molar-refractivity contribution in [3.8, 4) is 0 Å². The molecule has 25 heavy (non-hydrogen) atoms. The van der Waals surface area contributed by atoms with Gasteiger partial charge in [-0.3, -0.25) is 14.9 Å². The van der Waals surface area contributed by atoms with Gasteiger partial charge in [-0.1, -0.05) is 0 Å². The van der Waals surface area contributed by atoms with Crippen molar-refractivity contribution in [2.45, 2.75) is 11.7 Å². The number of furan rings is 1. The number of carbonyl (C=O) groups excluding carboxylic acids is 1. The van der Waals surface area contributed by atoms with Gasteiger partial charge in [-0.15, -0.1) is 0 Å². The van der Waals surface area contributed by atoms with Crippen LogP contribution in [0.5, 0.6) is 0 Å². The van der Waals surface area contributed by atoms with Crippen molar-refractivity contribution in [2.24, 2.45) is 0 Å². The molecule has 1 aliphatic heterocycles. The minimum Gasteiger partial charge on any atom is -0.395 e. The first-order valence-electron chi connectivity index (χ1n) is 7.56. The second-order valence-electron chi connectivity index (χ2n) is 5.50. The van der Waals surface area contributed by atoms with E-state index in [1.54, 1.807) is 0 Å². The molecule has 1 aromatic heterocycles. The number of rotatable bonds is 3. The first-order valence-corrected chi connectivity index (χ1v) is 8.60. The summed E-state index contributed by atoms with van der Waals surface area (Å²) in [6.07, 6.45) is 0.444. The molecule has 0 aliphatic carbocycles. The van der Waals surface area contributed by atoms with Gasteiger partial charge < -0.3 is 9.32 Å². The van der Waals surface area contributed by atoms with Gasteiger partial charge in [0.25, 0.3) is 5.91 Å². The Morgan fingerprint density at radius 3 is 2.80 bits per heavy atom. The van der Waals surface area contributed by atoms with Crippen molar-refractivity contribution >= 4 is 23.6 Å². The number of nitro groups is 1. The van der Waals surface area contributed by atoms with Gasteiger partial charge in [0.1, 0.15) is 16.6 Å². The van der Waals surface area contributed by atoms with Crippen LogP contribution in [-0.2, 0) is 0 Å². The summed E-state index contributed by atoms with van der Waals surface area (Å²) < 4.78 is 32.3. The maximum atomic E-state index is 13.9. The zero-order chi connectivity index (χ0) is 18.0. The Bertz CT molecular complexity index is 811. The fraction of sp³-hybridized carbons (Fsp3) is 0.312. The molecule has 1 fully saturated rings. The van der Waals surface area contributed by atoms with Crippen LogP contribution in [0.4, 0.5) is 14.7 Å². The van der Waals surface area contributed by atoms with Crippen LogP contribution in [0.2, 0.25) is 0 Å². The largest absolute Gasteiger partial charge is 0.433 e. The zero-order valence-corrected chi connectivity index (χ0v) is 13.8. The SMILES string of the molecule is O=C(c1ccc([N+](=O)[O-])o1)N1CCSC(c2cc(F)ccc2F)CC1. The highest BCUT2D eigenvalue weighted by Gasteiger charge is 2.27. The Morgan fingerprint density at radius 2 is 2.08 bits per heavy atom. The first-order chi connectivity index (χ1) is 12.0. The van der Waals surface area contributed by atoms with E-state index in [1.807, 2.05) is 0 Å². The predicted molar refractivity (Wildman–Crippen MR) is 87.4 cm³/mol. The smallest absolute Gasteiger partial charge is 0.395 e. The van der Waals surface area contributed by atoms with Crippen LogP contribution in [0.3, 0.4) is 0 Å². The quantitative estimate of drug-likeness (QED) is 0.609. The highest BCUT2D eigenvalue weighted by Crippen LogP contribution is 2.36. The molecule has 0 radical (unpaired) electrons. The third-order valence-electron chi connectivity index (χ3n) is 3.92. The van der Waals surface area contributed by atoms with E-state index in [2.05, 4.69) is 0 Å². The molecule has 132 valence electrons. The number of halogens is 2. The average Bonchev–Trinajstić information content (AvgIpc) is 2.96. The molecule has 0 N–H and O–H groups in total. The number of hydrogen-bond donors (Lipinski definition) is 0. The number of thioether (sulfide) groups is 1. The first kappa shape index (κ1) is 17.4. The summed E-state index contributed by atoms with van der Waals surface area (Å²) in [5.74, 6) is -1.49. The molecule has 1 atom stereocenters. The number of nitrogens with zero attached hydrogens (tertiary/aromatic N) is 2. The summed E-state index contributed by atoms with van der Waals surface area (Å²) in [6.45, 7) is 0.715. The van der Waals surface area contributed by atoms with Crippen LogP contribution in [0.1, 0.15) is 27.8 Å². The molecule has 2 aromatic rings. The highest BCUT2D eigenvalue weighted by molar-refractivity contribution is 7.99. The predicted octanol–water partition coefficient (Wildman–Crippen LogP) is 3.79. The molecule has 1 saturated heterocycles. The van der Waals surface area contributed by atoms with Crippen LogP contribution in [-0.4, -0.2) is 34.6 Å². The van der Waals surface area contributed by atoms with Crippen molar-refractivity contribution in [3.05, 3.63) is 63.4 Å². The lowest BCUT2D eigenvalue weighted by molar-refractivity contribution is -0.402. The van der Waals surface area contributed by atoms with Crippen molar-refractivity contribution in [2.75, 3.05) is 18.8 Å². The van der Waals surface area contributed by atoms with E-state index in [0.717, 1.165) is 18.2 Å². The lowest BCUT2D eigenvalue weighted by Crippen LogP contribution is -2.32. The van der Waals surface area contributed by atoms with Gasteiger partial charge >= 0.3 is 5.88 Å². The standard InChI is InChI=1S/C16H14F2N2O4S/c17-10-1-2-12(18)11(9-10)14-5-6-19(7-8-25-14)16(21)13-3-4-15(24-13)20(22)23/h1-4,9,14H,5-8H2. The van der Waals surface area contributed by atoms with Crippen molar-refractivity contribution < 1.29 is 22.9 Å². The molecule has 1 aromatic carbocycles. The highest BCUT2D eigenvalue weighted by atomic mass is 32.2. The Balaban J connectivity index is 1.71. The van der Waals surface area contributed by atoms with E-state index in [0.29, 0.717) is 25.3 Å². The van der Waals surface area contributed by atoms with E-state index in [4.69, 9.17) is 4.42 Å². The number of amides is 1. The van der Waals surface area contributed by atoms with E-state index in [9.17, 15) is 23.7 Å². The Kier molecular flexibility index (Phi) is 5.03. The summed E-state index contributed by atoms with van der Waals surface area (Å²) >= 11 is 1.45. The fourth-order valence-corrected chi connectivity index (χ4v) is 3.92. The van der Waals surface area contributed by atoms with E-state index < -0.39 is 28.3 Å². The van der Waals surface area contributed by atoms with E-state index in [1.165, 1.54) is 28.8 Å². The summed E-state index contributed by atoms with van der Waals surface area (Å²) in [7, 11) is 0. The van der Waals surface area contributed by atoms with Crippen LogP contribution in [0.25, 0.3) is 0 Å². The fourth-order valence-electron chi connectivity index (χ4n) is 2.68. The van der Waals surface area contributed by atoms with Gasteiger partial charge in [0.15, 0.2) is 5.76 Å². The summed E-state index contributed by atoms with van der Waals surface area (Å²) in [4.78, 5) is 23.9. The molecular weight excluding hydrogens is 354 g/mol. The molecule has 2 heterocycles. The molecule has 0 saturated carbocycles. The monoisotopic (exact) mass is 368 g/mol. The van der Waals surface area contributed by atoms with Crippen molar-refractivity contribution in [1.29, 1.82) is 0 Å². The third-order valence-corrected chi connectivity index (χ3v) is 5.23. The minimum absolute atomic E-state index is 0.105. The van der Waals surface area contributed by atoms with Gasteiger partial charge in [-0.05, 0) is 30.7 Å². The minimum atomic E-state index is -0.711. The van der Waals surface area contributed by atoms with Crippen LogP contribution in [0, 0.1) is 21.7 Å². The van der Waals surface area contributed by atoms with Gasteiger partial charge in [0.05, 0.1) is 6.07 Å². The molecule has 3 rings (SSSR count). The summed E-state index contributed by atoms with van der Waals surface area (Å²) in [5, 5.41) is 10.4. The summed E-state index contributed by atoms with van der Waals surface area (Å²) in [6, 6.07) is 5.74. The Labute approximate surface area is 145 Å². The van der Waals surface area contributed by atoms with Gasteiger partial charge in [0, 0.05) is 29.7 Å². The number of benzene rings is 1. The molecule has 1 unspecified atom stereocenters. The molecule has 9 heteroatoms. The molecule has 1 amide bonds. The van der Waals surface area contributed by atoms with Gasteiger partial charge in [-0.25, -0.2) is 8.78 Å². The van der Waals surface area contributed by atoms with Crippen LogP contribution in [0.15, 0.2) is 34.7 Å². The van der Waals surface area contributed by atoms with Crippen LogP contribution >= 0.6 is 11.8 Å². The molecule has 0 spiro atoms. The van der Waals surface area contributed by atoms with Gasteiger partial charge in [0.2, 0.25) is 0 Å². The zero-order valence-electron chi connectivity index (χ0n) is 13.0.